The van der Waals surface area contributed by atoms with Crippen LogP contribution in [0.5, 0.6) is 0 Å². The summed E-state index contributed by atoms with van der Waals surface area (Å²) in [5.74, 6) is -4.04. The maximum absolute atomic E-state index is 12.7. The van der Waals surface area contributed by atoms with Crippen LogP contribution in [0.25, 0.3) is 0 Å². The zero-order valence-electron chi connectivity index (χ0n) is 7.84. The molecule has 0 bridgehead atoms. The van der Waals surface area contributed by atoms with E-state index in [1.54, 1.807) is 0 Å². The molecule has 2 N–H and O–H groups in total. The van der Waals surface area contributed by atoms with Crippen LogP contribution in [0.3, 0.4) is 0 Å². The first-order chi connectivity index (χ1) is 6.97. The standard InChI is InChI=1S/C8H11F4N3/c9-7(10)8(11,12)4-15-5-14-3-6(15)1-2-13/h3,5,7H,1-2,4,13H2. The minimum absolute atomic E-state index is 0.256. The monoisotopic (exact) mass is 225 g/mol. The molecule has 1 aromatic heterocycles. The molecule has 0 aliphatic heterocycles. The van der Waals surface area contributed by atoms with E-state index in [1.165, 1.54) is 6.20 Å². The smallest absolute Gasteiger partial charge is 0.324 e. The van der Waals surface area contributed by atoms with E-state index in [1.807, 2.05) is 0 Å². The van der Waals surface area contributed by atoms with Crippen LogP contribution >= 0.6 is 0 Å². The summed E-state index contributed by atoms with van der Waals surface area (Å²) in [6.45, 7) is -0.814. The number of hydrogen-bond acceptors (Lipinski definition) is 2. The van der Waals surface area contributed by atoms with E-state index in [2.05, 4.69) is 4.98 Å². The van der Waals surface area contributed by atoms with E-state index in [0.29, 0.717) is 12.1 Å². The van der Waals surface area contributed by atoms with Gasteiger partial charge in [0.1, 0.15) is 0 Å². The van der Waals surface area contributed by atoms with Gasteiger partial charge in [-0.05, 0) is 6.54 Å². The van der Waals surface area contributed by atoms with Crippen molar-refractivity contribution in [1.82, 2.24) is 9.55 Å². The Morgan fingerprint density at radius 2 is 2.13 bits per heavy atom. The number of nitrogens with zero attached hydrogens (tertiary/aromatic N) is 2. The predicted octanol–water partition coefficient (Wildman–Crippen LogP) is 1.28. The first-order valence-electron chi connectivity index (χ1n) is 4.32. The Kier molecular flexibility index (Phi) is 3.67. The minimum atomic E-state index is -4.04. The summed E-state index contributed by atoms with van der Waals surface area (Å²) in [4.78, 5) is 3.61. The summed E-state index contributed by atoms with van der Waals surface area (Å²) in [7, 11) is 0. The highest BCUT2D eigenvalue weighted by Crippen LogP contribution is 2.25. The predicted molar refractivity (Wildman–Crippen MR) is 45.9 cm³/mol. The molecule has 0 unspecified atom stereocenters. The molecule has 0 fully saturated rings. The van der Waals surface area contributed by atoms with Crippen molar-refractivity contribution < 1.29 is 17.6 Å². The lowest BCUT2D eigenvalue weighted by Crippen LogP contribution is -2.32. The van der Waals surface area contributed by atoms with Gasteiger partial charge in [-0.15, -0.1) is 0 Å². The van der Waals surface area contributed by atoms with Gasteiger partial charge in [0.15, 0.2) is 0 Å². The van der Waals surface area contributed by atoms with Crippen LogP contribution in [0.4, 0.5) is 17.6 Å². The molecule has 86 valence electrons. The summed E-state index contributed by atoms with van der Waals surface area (Å²) in [5.41, 5.74) is 5.66. The highest BCUT2D eigenvalue weighted by molar-refractivity contribution is 4.99. The second-order valence-corrected chi connectivity index (χ2v) is 3.11. The Morgan fingerprint density at radius 1 is 1.47 bits per heavy atom. The third-order valence-corrected chi connectivity index (χ3v) is 1.90. The third kappa shape index (κ3) is 2.92. The number of hydrogen-bond donors (Lipinski definition) is 1. The molecule has 0 aliphatic rings. The summed E-state index contributed by atoms with van der Waals surface area (Å²) >= 11 is 0. The van der Waals surface area contributed by atoms with Crippen LogP contribution in [0.15, 0.2) is 12.5 Å². The van der Waals surface area contributed by atoms with E-state index in [9.17, 15) is 17.6 Å². The molecule has 0 radical (unpaired) electrons. The highest BCUT2D eigenvalue weighted by Gasteiger charge is 2.41. The van der Waals surface area contributed by atoms with Crippen molar-refractivity contribution in [3.8, 4) is 0 Å². The lowest BCUT2D eigenvalue weighted by atomic mass is 10.3. The fourth-order valence-corrected chi connectivity index (χ4v) is 1.14. The average Bonchev–Trinajstić information content (AvgIpc) is 2.52. The van der Waals surface area contributed by atoms with Crippen molar-refractivity contribution in [3.05, 3.63) is 18.2 Å². The molecule has 0 atom stereocenters. The topological polar surface area (TPSA) is 43.8 Å². The minimum Gasteiger partial charge on any atom is -0.330 e. The molecule has 1 rings (SSSR count). The molecular weight excluding hydrogens is 214 g/mol. The quantitative estimate of drug-likeness (QED) is 0.767. The van der Waals surface area contributed by atoms with Gasteiger partial charge in [0.05, 0.1) is 12.9 Å². The molecule has 0 spiro atoms. The Morgan fingerprint density at radius 3 is 2.67 bits per heavy atom. The number of rotatable bonds is 5. The molecule has 1 heterocycles. The number of aromatic nitrogens is 2. The van der Waals surface area contributed by atoms with E-state index < -0.39 is 18.9 Å². The van der Waals surface area contributed by atoms with Gasteiger partial charge in [-0.25, -0.2) is 13.8 Å². The lowest BCUT2D eigenvalue weighted by Gasteiger charge is -2.17. The largest absolute Gasteiger partial charge is 0.330 e. The third-order valence-electron chi connectivity index (χ3n) is 1.90. The second-order valence-electron chi connectivity index (χ2n) is 3.11. The van der Waals surface area contributed by atoms with Gasteiger partial charge in [0, 0.05) is 18.3 Å². The van der Waals surface area contributed by atoms with Crippen LogP contribution in [-0.2, 0) is 13.0 Å². The zero-order chi connectivity index (χ0) is 11.5. The maximum atomic E-state index is 12.7. The molecule has 0 saturated heterocycles. The van der Waals surface area contributed by atoms with Gasteiger partial charge in [-0.1, -0.05) is 0 Å². The first-order valence-corrected chi connectivity index (χ1v) is 4.32. The van der Waals surface area contributed by atoms with Gasteiger partial charge >= 0.3 is 12.3 Å². The Labute approximate surface area is 83.9 Å². The molecule has 1 aromatic rings. The van der Waals surface area contributed by atoms with E-state index in [-0.39, 0.29) is 6.54 Å². The van der Waals surface area contributed by atoms with Crippen molar-refractivity contribution >= 4 is 0 Å². The fourth-order valence-electron chi connectivity index (χ4n) is 1.14. The zero-order valence-corrected chi connectivity index (χ0v) is 7.84. The van der Waals surface area contributed by atoms with Crippen molar-refractivity contribution in [2.75, 3.05) is 6.54 Å². The Hall–Kier alpha value is -1.11. The van der Waals surface area contributed by atoms with Crippen LogP contribution in [0.1, 0.15) is 5.69 Å². The van der Waals surface area contributed by atoms with Crippen LogP contribution in [0.2, 0.25) is 0 Å². The number of imidazole rings is 1. The van der Waals surface area contributed by atoms with Crippen molar-refractivity contribution in [1.29, 1.82) is 0 Å². The van der Waals surface area contributed by atoms with Gasteiger partial charge < -0.3 is 10.3 Å². The summed E-state index contributed by atoms with van der Waals surface area (Å²) in [5, 5.41) is 0. The van der Waals surface area contributed by atoms with Crippen LogP contribution in [-0.4, -0.2) is 28.4 Å². The molecule has 3 nitrogen and oxygen atoms in total. The van der Waals surface area contributed by atoms with E-state index in [4.69, 9.17) is 5.73 Å². The summed E-state index contributed by atoms with van der Waals surface area (Å²) in [6.07, 6.45) is -0.903. The number of nitrogens with two attached hydrogens (primary N) is 1. The van der Waals surface area contributed by atoms with Gasteiger partial charge in [-0.3, -0.25) is 0 Å². The van der Waals surface area contributed by atoms with E-state index >= 15 is 0 Å². The normalized spacial score (nSPS) is 12.4. The average molecular weight is 225 g/mol. The fraction of sp³-hybridized carbons (Fsp3) is 0.625. The highest BCUT2D eigenvalue weighted by atomic mass is 19.3. The van der Waals surface area contributed by atoms with Crippen molar-refractivity contribution in [2.24, 2.45) is 5.73 Å². The maximum Gasteiger partial charge on any atom is 0.324 e. The van der Waals surface area contributed by atoms with Crippen molar-refractivity contribution in [3.63, 3.8) is 0 Å². The van der Waals surface area contributed by atoms with Crippen molar-refractivity contribution in [2.45, 2.75) is 25.3 Å². The van der Waals surface area contributed by atoms with Crippen LogP contribution in [0, 0.1) is 0 Å². The first kappa shape index (κ1) is 12.0. The molecular formula is C8H11F4N3. The number of halogens is 4. The summed E-state index contributed by atoms with van der Waals surface area (Å²) < 4.78 is 50.2. The van der Waals surface area contributed by atoms with Gasteiger partial charge in [0.25, 0.3) is 0 Å². The summed E-state index contributed by atoms with van der Waals surface area (Å²) in [6, 6.07) is 0. The SMILES string of the molecule is NCCc1cncn1CC(F)(F)C(F)F. The lowest BCUT2D eigenvalue weighted by molar-refractivity contribution is -0.138. The van der Waals surface area contributed by atoms with Crippen LogP contribution < -0.4 is 5.73 Å². The molecule has 0 amide bonds. The molecule has 0 aliphatic carbocycles. The molecule has 0 aromatic carbocycles. The Bertz CT molecular complexity index is 311. The molecule has 7 heteroatoms. The molecule has 0 saturated carbocycles. The van der Waals surface area contributed by atoms with E-state index in [0.717, 1.165) is 10.9 Å². The van der Waals surface area contributed by atoms with Gasteiger partial charge in [-0.2, -0.15) is 8.78 Å². The number of alkyl halides is 4. The Balaban J connectivity index is 2.75. The molecule has 15 heavy (non-hydrogen) atoms. The van der Waals surface area contributed by atoms with Gasteiger partial charge in [0.2, 0.25) is 0 Å². The second kappa shape index (κ2) is 4.61.